The fourth-order valence-electron chi connectivity index (χ4n) is 4.11. The molecular weight excluding hydrogens is 300 g/mol. The molecule has 2 aliphatic rings. The molecular formula is C20H30N2O2. The molecule has 24 heavy (non-hydrogen) atoms. The minimum absolute atomic E-state index is 0.169. The second-order valence-electron chi connectivity index (χ2n) is 7.36. The Morgan fingerprint density at radius 2 is 2.04 bits per heavy atom. The number of carbonyl (C=O) groups is 1. The molecule has 1 atom stereocenters. The van der Waals surface area contributed by atoms with Crippen LogP contribution in [0.3, 0.4) is 0 Å². The van der Waals surface area contributed by atoms with Gasteiger partial charge in [-0.15, -0.1) is 0 Å². The molecule has 132 valence electrons. The first-order valence-electron chi connectivity index (χ1n) is 9.35. The molecule has 0 aromatic heterocycles. The molecule has 1 aromatic carbocycles. The third-order valence-electron chi connectivity index (χ3n) is 5.56. The standard InChI is InChI=1S/C20H30N2O2/c1-17-6-5-12-22(16-17)13-11-21-19(23)20(9-14-24-15-10-20)18-7-3-2-4-8-18/h2-4,7-8,17H,5-6,9-16H2,1H3,(H,21,23)/t17-/m1/s1. The number of hydrogen-bond acceptors (Lipinski definition) is 3. The molecule has 4 nitrogen and oxygen atoms in total. The highest BCUT2D eigenvalue weighted by Crippen LogP contribution is 2.35. The van der Waals surface area contributed by atoms with E-state index < -0.39 is 5.41 Å². The van der Waals surface area contributed by atoms with Gasteiger partial charge in [0, 0.05) is 32.8 Å². The molecule has 1 aromatic rings. The van der Waals surface area contributed by atoms with Crippen molar-refractivity contribution in [1.82, 2.24) is 10.2 Å². The topological polar surface area (TPSA) is 41.6 Å². The maximum atomic E-state index is 13.0. The predicted octanol–water partition coefficient (Wildman–Crippen LogP) is 2.58. The van der Waals surface area contributed by atoms with E-state index in [1.165, 1.54) is 12.8 Å². The van der Waals surface area contributed by atoms with Gasteiger partial charge in [-0.25, -0.2) is 0 Å². The predicted molar refractivity (Wildman–Crippen MR) is 96.0 cm³/mol. The first-order chi connectivity index (χ1) is 11.7. The molecule has 1 N–H and O–H groups in total. The Kier molecular flexibility index (Phi) is 5.90. The van der Waals surface area contributed by atoms with Gasteiger partial charge in [0.05, 0.1) is 5.41 Å². The lowest BCUT2D eigenvalue weighted by Gasteiger charge is -2.37. The Balaban J connectivity index is 1.60. The number of nitrogens with one attached hydrogen (secondary N) is 1. The van der Waals surface area contributed by atoms with Gasteiger partial charge in [-0.05, 0) is 43.7 Å². The quantitative estimate of drug-likeness (QED) is 0.902. The molecule has 2 aliphatic heterocycles. The Morgan fingerprint density at radius 3 is 2.75 bits per heavy atom. The second-order valence-corrected chi connectivity index (χ2v) is 7.36. The summed E-state index contributed by atoms with van der Waals surface area (Å²) in [6.07, 6.45) is 4.15. The number of rotatable bonds is 5. The third kappa shape index (κ3) is 3.98. The van der Waals surface area contributed by atoms with Crippen LogP contribution in [0.5, 0.6) is 0 Å². The van der Waals surface area contributed by atoms with Crippen LogP contribution in [0.2, 0.25) is 0 Å². The zero-order valence-corrected chi connectivity index (χ0v) is 14.8. The Labute approximate surface area is 145 Å². The maximum Gasteiger partial charge on any atom is 0.230 e. The SMILES string of the molecule is C[C@@H]1CCCN(CCNC(=O)C2(c3ccccc3)CCOCC2)C1. The Bertz CT molecular complexity index is 526. The van der Waals surface area contributed by atoms with Gasteiger partial charge in [0.15, 0.2) is 0 Å². The van der Waals surface area contributed by atoms with E-state index in [1.807, 2.05) is 18.2 Å². The molecule has 1 amide bonds. The zero-order valence-electron chi connectivity index (χ0n) is 14.8. The number of piperidine rings is 1. The van der Waals surface area contributed by atoms with Crippen molar-refractivity contribution >= 4 is 5.91 Å². The second kappa shape index (κ2) is 8.13. The van der Waals surface area contributed by atoms with Gasteiger partial charge in [-0.3, -0.25) is 4.79 Å². The summed E-state index contributed by atoms with van der Waals surface area (Å²) in [6.45, 7) is 7.65. The van der Waals surface area contributed by atoms with E-state index in [2.05, 4.69) is 29.3 Å². The highest BCUT2D eigenvalue weighted by molar-refractivity contribution is 5.88. The summed E-state index contributed by atoms with van der Waals surface area (Å²) >= 11 is 0. The maximum absolute atomic E-state index is 13.0. The van der Waals surface area contributed by atoms with E-state index in [1.54, 1.807) is 0 Å². The van der Waals surface area contributed by atoms with Crippen LogP contribution in [0, 0.1) is 5.92 Å². The van der Waals surface area contributed by atoms with Gasteiger partial charge < -0.3 is 15.0 Å². The molecule has 0 bridgehead atoms. The number of likely N-dealkylation sites (tertiary alicyclic amines) is 1. The lowest BCUT2D eigenvalue weighted by molar-refractivity contribution is -0.130. The number of amides is 1. The van der Waals surface area contributed by atoms with Gasteiger partial charge in [0.25, 0.3) is 0 Å². The summed E-state index contributed by atoms with van der Waals surface area (Å²) in [5.41, 5.74) is 0.701. The summed E-state index contributed by atoms with van der Waals surface area (Å²) in [7, 11) is 0. The van der Waals surface area contributed by atoms with Crippen molar-refractivity contribution in [3.05, 3.63) is 35.9 Å². The highest BCUT2D eigenvalue weighted by atomic mass is 16.5. The first kappa shape index (κ1) is 17.4. The minimum atomic E-state index is -0.422. The molecule has 0 aliphatic carbocycles. The van der Waals surface area contributed by atoms with Crippen LogP contribution in [0.4, 0.5) is 0 Å². The molecule has 2 heterocycles. The number of nitrogens with zero attached hydrogens (tertiary/aromatic N) is 1. The van der Waals surface area contributed by atoms with Gasteiger partial charge in [0.2, 0.25) is 5.91 Å². The zero-order chi connectivity index (χ0) is 16.8. The average molecular weight is 330 g/mol. The first-order valence-corrected chi connectivity index (χ1v) is 9.35. The lowest BCUT2D eigenvalue weighted by atomic mass is 9.73. The van der Waals surface area contributed by atoms with Crippen molar-refractivity contribution in [3.63, 3.8) is 0 Å². The lowest BCUT2D eigenvalue weighted by Crippen LogP contribution is -2.50. The van der Waals surface area contributed by atoms with Gasteiger partial charge in [-0.2, -0.15) is 0 Å². The molecule has 2 fully saturated rings. The van der Waals surface area contributed by atoms with Crippen molar-refractivity contribution in [1.29, 1.82) is 0 Å². The van der Waals surface area contributed by atoms with Crippen LogP contribution in [-0.2, 0) is 14.9 Å². The van der Waals surface area contributed by atoms with Gasteiger partial charge in [-0.1, -0.05) is 37.3 Å². The largest absolute Gasteiger partial charge is 0.381 e. The van der Waals surface area contributed by atoms with E-state index in [-0.39, 0.29) is 5.91 Å². The molecule has 0 spiro atoms. The fraction of sp³-hybridized carbons (Fsp3) is 0.650. The summed E-state index contributed by atoms with van der Waals surface area (Å²) in [4.78, 5) is 15.5. The van der Waals surface area contributed by atoms with Crippen molar-refractivity contribution < 1.29 is 9.53 Å². The number of ether oxygens (including phenoxy) is 1. The van der Waals surface area contributed by atoms with Crippen molar-refractivity contribution in [3.8, 4) is 0 Å². The van der Waals surface area contributed by atoms with Crippen LogP contribution < -0.4 is 5.32 Å². The van der Waals surface area contributed by atoms with Crippen LogP contribution in [0.15, 0.2) is 30.3 Å². The summed E-state index contributed by atoms with van der Waals surface area (Å²) in [5.74, 6) is 0.947. The van der Waals surface area contributed by atoms with Gasteiger partial charge >= 0.3 is 0 Å². The van der Waals surface area contributed by atoms with E-state index >= 15 is 0 Å². The number of hydrogen-bond donors (Lipinski definition) is 1. The third-order valence-corrected chi connectivity index (χ3v) is 5.56. The molecule has 0 saturated carbocycles. The van der Waals surface area contributed by atoms with E-state index in [0.29, 0.717) is 13.2 Å². The fourth-order valence-corrected chi connectivity index (χ4v) is 4.11. The number of carbonyl (C=O) groups excluding carboxylic acids is 1. The monoisotopic (exact) mass is 330 g/mol. The molecule has 0 unspecified atom stereocenters. The average Bonchev–Trinajstić information content (AvgIpc) is 2.63. The molecule has 0 radical (unpaired) electrons. The van der Waals surface area contributed by atoms with Crippen LogP contribution >= 0.6 is 0 Å². The summed E-state index contributed by atoms with van der Waals surface area (Å²) in [5, 5.41) is 3.22. The van der Waals surface area contributed by atoms with Crippen LogP contribution in [0.1, 0.15) is 38.2 Å². The van der Waals surface area contributed by atoms with Crippen LogP contribution in [-0.4, -0.2) is 50.2 Å². The summed E-state index contributed by atoms with van der Waals surface area (Å²) in [6, 6.07) is 10.2. The van der Waals surface area contributed by atoms with E-state index in [9.17, 15) is 4.79 Å². The minimum Gasteiger partial charge on any atom is -0.381 e. The Morgan fingerprint density at radius 1 is 1.29 bits per heavy atom. The van der Waals surface area contributed by atoms with E-state index in [4.69, 9.17) is 4.74 Å². The van der Waals surface area contributed by atoms with Gasteiger partial charge in [0.1, 0.15) is 0 Å². The van der Waals surface area contributed by atoms with Crippen molar-refractivity contribution in [2.45, 2.75) is 38.0 Å². The van der Waals surface area contributed by atoms with Crippen LogP contribution in [0.25, 0.3) is 0 Å². The number of benzene rings is 1. The van der Waals surface area contributed by atoms with E-state index in [0.717, 1.165) is 50.5 Å². The van der Waals surface area contributed by atoms with Crippen molar-refractivity contribution in [2.75, 3.05) is 39.4 Å². The molecule has 2 saturated heterocycles. The molecule has 4 heteroatoms. The smallest absolute Gasteiger partial charge is 0.230 e. The normalized spacial score (nSPS) is 24.5. The van der Waals surface area contributed by atoms with Crippen molar-refractivity contribution in [2.24, 2.45) is 5.92 Å². The highest BCUT2D eigenvalue weighted by Gasteiger charge is 2.41. The molecule has 3 rings (SSSR count). The Hall–Kier alpha value is -1.39. The summed E-state index contributed by atoms with van der Waals surface area (Å²) < 4.78 is 5.52.